The van der Waals surface area contributed by atoms with Gasteiger partial charge in [0.15, 0.2) is 11.2 Å². The number of aromatic amines is 1. The van der Waals surface area contributed by atoms with Crippen LogP contribution in [0.4, 0.5) is 0 Å². The molecule has 2 heterocycles. The van der Waals surface area contributed by atoms with E-state index in [1.54, 1.807) is 6.92 Å². The van der Waals surface area contributed by atoms with Crippen molar-refractivity contribution in [2.24, 2.45) is 5.73 Å². The molecule has 0 aliphatic carbocycles. The van der Waals surface area contributed by atoms with E-state index in [-0.39, 0.29) is 24.9 Å². The number of nitrogens with one attached hydrogen (secondary N) is 1. The summed E-state index contributed by atoms with van der Waals surface area (Å²) in [6.07, 6.45) is 2.46. The zero-order valence-corrected chi connectivity index (χ0v) is 12.5. The summed E-state index contributed by atoms with van der Waals surface area (Å²) in [7, 11) is -4.12. The van der Waals surface area contributed by atoms with Crippen LogP contribution in [-0.2, 0) is 25.6 Å². The van der Waals surface area contributed by atoms with Crippen LogP contribution in [0, 0.1) is 0 Å². The van der Waals surface area contributed by atoms with Gasteiger partial charge in [-0.05, 0) is 6.42 Å². The topological polar surface area (TPSA) is 150 Å². The summed E-state index contributed by atoms with van der Waals surface area (Å²) in [5, 5.41) is -1.24. The number of aromatic nitrogens is 4. The van der Waals surface area contributed by atoms with Gasteiger partial charge in [0.2, 0.25) is 0 Å². The van der Waals surface area contributed by atoms with Gasteiger partial charge >= 0.3 is 16.1 Å². The molecule has 0 aliphatic rings. The minimum atomic E-state index is -4.12. The molecule has 22 heavy (non-hydrogen) atoms. The molecule has 1 unspecified atom stereocenters. The molecule has 3 N–H and O–H groups in total. The van der Waals surface area contributed by atoms with E-state index < -0.39 is 27.0 Å². The smallest absolute Gasteiger partial charge is 0.327 e. The van der Waals surface area contributed by atoms with Gasteiger partial charge in [0, 0.05) is 6.54 Å². The fourth-order valence-corrected chi connectivity index (χ4v) is 2.58. The lowest BCUT2D eigenvalue weighted by atomic mass is 10.4. The molecule has 0 bridgehead atoms. The second-order valence-electron chi connectivity index (χ2n) is 4.49. The van der Waals surface area contributed by atoms with Crippen molar-refractivity contribution < 1.29 is 17.4 Å². The second kappa shape index (κ2) is 6.23. The molecular weight excluding hydrogens is 314 g/mol. The van der Waals surface area contributed by atoms with Crippen LogP contribution >= 0.6 is 0 Å². The standard InChI is InChI=1S/C11H15N5O5S/c1-2-7(12)22(19,20)21-8(17)3-4-16-6-15-9-10(16)13-5-14-11(9)18/h5-7H,2-4,12H2,1H3,(H,13,14,18). The monoisotopic (exact) mass is 329 g/mol. The third kappa shape index (κ3) is 3.31. The maximum atomic E-state index is 11.6. The van der Waals surface area contributed by atoms with Crippen LogP contribution < -0.4 is 11.3 Å². The van der Waals surface area contributed by atoms with E-state index in [0.717, 1.165) is 0 Å². The van der Waals surface area contributed by atoms with Crippen molar-refractivity contribution in [1.29, 1.82) is 0 Å². The Labute approximate surface area is 125 Å². The quantitative estimate of drug-likeness (QED) is 0.646. The van der Waals surface area contributed by atoms with Crippen molar-refractivity contribution in [3.05, 3.63) is 23.0 Å². The minimum absolute atomic E-state index is 0.0721. The van der Waals surface area contributed by atoms with Crippen molar-refractivity contribution in [1.82, 2.24) is 19.5 Å². The molecule has 0 spiro atoms. The molecule has 0 saturated heterocycles. The maximum Gasteiger partial charge on any atom is 0.327 e. The first-order chi connectivity index (χ1) is 10.3. The zero-order valence-electron chi connectivity index (χ0n) is 11.7. The van der Waals surface area contributed by atoms with E-state index in [1.807, 2.05) is 0 Å². The number of hydrogen-bond acceptors (Lipinski definition) is 8. The first-order valence-electron chi connectivity index (χ1n) is 6.45. The van der Waals surface area contributed by atoms with Gasteiger partial charge in [-0.3, -0.25) is 9.59 Å². The van der Waals surface area contributed by atoms with Crippen LogP contribution in [0.5, 0.6) is 0 Å². The molecule has 120 valence electrons. The molecule has 0 radical (unpaired) electrons. The van der Waals surface area contributed by atoms with Crippen molar-refractivity contribution in [2.75, 3.05) is 0 Å². The predicted molar refractivity (Wildman–Crippen MR) is 76.0 cm³/mol. The van der Waals surface area contributed by atoms with Gasteiger partial charge in [0.25, 0.3) is 5.56 Å². The van der Waals surface area contributed by atoms with Gasteiger partial charge in [-0.2, -0.15) is 8.42 Å². The average molecular weight is 329 g/mol. The summed E-state index contributed by atoms with van der Waals surface area (Å²) in [6, 6.07) is 0. The molecule has 2 aromatic heterocycles. The Morgan fingerprint density at radius 1 is 1.50 bits per heavy atom. The largest absolute Gasteiger partial charge is 0.345 e. The highest BCUT2D eigenvalue weighted by Crippen LogP contribution is 2.08. The van der Waals surface area contributed by atoms with Crippen molar-refractivity contribution in [3.63, 3.8) is 0 Å². The van der Waals surface area contributed by atoms with Crippen molar-refractivity contribution >= 4 is 27.3 Å². The Morgan fingerprint density at radius 3 is 2.91 bits per heavy atom. The first kappa shape index (κ1) is 16.1. The molecule has 11 heteroatoms. The lowest BCUT2D eigenvalue weighted by Crippen LogP contribution is -2.33. The number of aryl methyl sites for hydroxylation is 1. The van der Waals surface area contributed by atoms with Crippen LogP contribution in [0.15, 0.2) is 17.4 Å². The highest BCUT2D eigenvalue weighted by Gasteiger charge is 2.24. The van der Waals surface area contributed by atoms with E-state index in [1.165, 1.54) is 17.2 Å². The Hall–Kier alpha value is -2.27. The van der Waals surface area contributed by atoms with E-state index in [0.29, 0.717) is 5.65 Å². The van der Waals surface area contributed by atoms with Gasteiger partial charge in [0.1, 0.15) is 5.37 Å². The number of imidazole rings is 1. The molecule has 0 aliphatic heterocycles. The van der Waals surface area contributed by atoms with Gasteiger partial charge in [-0.15, -0.1) is 0 Å². The summed E-state index contributed by atoms with van der Waals surface area (Å²) >= 11 is 0. The van der Waals surface area contributed by atoms with Crippen molar-refractivity contribution in [3.8, 4) is 0 Å². The van der Waals surface area contributed by atoms with Gasteiger partial charge in [-0.1, -0.05) is 6.92 Å². The summed E-state index contributed by atoms with van der Waals surface area (Å²) < 4.78 is 29.0. The van der Waals surface area contributed by atoms with Crippen LogP contribution in [0.1, 0.15) is 19.8 Å². The molecular formula is C11H15N5O5S. The summed E-state index contributed by atoms with van der Waals surface area (Å²) in [5.41, 5.74) is 5.38. The third-order valence-electron chi connectivity index (χ3n) is 2.95. The highest BCUT2D eigenvalue weighted by molar-refractivity contribution is 7.87. The number of carbonyl (C=O) groups is 1. The van der Waals surface area contributed by atoms with Gasteiger partial charge in [0.05, 0.1) is 19.1 Å². The fraction of sp³-hybridized carbons (Fsp3) is 0.455. The molecule has 0 amide bonds. The van der Waals surface area contributed by atoms with Crippen molar-refractivity contribution in [2.45, 2.75) is 31.7 Å². The number of carbonyl (C=O) groups excluding carboxylic acids is 1. The maximum absolute atomic E-state index is 11.6. The van der Waals surface area contributed by atoms with E-state index in [9.17, 15) is 18.0 Å². The number of hydrogen-bond donors (Lipinski definition) is 2. The number of H-pyrrole nitrogens is 1. The SMILES string of the molecule is CCC(N)S(=O)(=O)OC(=O)CCn1cnc2c(=O)[nH]cnc21. The molecule has 0 fully saturated rings. The molecule has 1 atom stereocenters. The van der Waals surface area contributed by atoms with Crippen LogP contribution in [-0.4, -0.2) is 39.3 Å². The lowest BCUT2D eigenvalue weighted by molar-refractivity contribution is -0.134. The number of nitrogens with zero attached hydrogens (tertiary/aromatic N) is 3. The molecule has 10 nitrogen and oxygen atoms in total. The molecule has 0 aromatic carbocycles. The molecule has 2 rings (SSSR count). The Kier molecular flexibility index (Phi) is 4.56. The van der Waals surface area contributed by atoms with Gasteiger partial charge < -0.3 is 19.5 Å². The van der Waals surface area contributed by atoms with Crippen LogP contribution in [0.2, 0.25) is 0 Å². The normalized spacial score (nSPS) is 13.2. The fourth-order valence-electron chi connectivity index (χ4n) is 1.70. The third-order valence-corrected chi connectivity index (χ3v) is 4.44. The predicted octanol–water partition coefficient (Wildman–Crippen LogP) is -0.922. The minimum Gasteiger partial charge on any atom is -0.345 e. The first-order valence-corrected chi connectivity index (χ1v) is 7.92. The van der Waals surface area contributed by atoms with E-state index in [2.05, 4.69) is 19.1 Å². The lowest BCUT2D eigenvalue weighted by Gasteiger charge is -2.10. The molecule has 0 saturated carbocycles. The Balaban J connectivity index is 2.05. The molecule has 2 aromatic rings. The Morgan fingerprint density at radius 2 is 2.23 bits per heavy atom. The summed E-state index contributed by atoms with van der Waals surface area (Å²) in [5.74, 6) is -0.935. The van der Waals surface area contributed by atoms with Gasteiger partial charge in [-0.25, -0.2) is 9.97 Å². The van der Waals surface area contributed by atoms with E-state index in [4.69, 9.17) is 5.73 Å². The summed E-state index contributed by atoms with van der Waals surface area (Å²) in [4.78, 5) is 33.3. The second-order valence-corrected chi connectivity index (χ2v) is 6.24. The number of fused-ring (bicyclic) bond motifs is 1. The highest BCUT2D eigenvalue weighted by atomic mass is 32.2. The number of nitrogens with two attached hydrogens (primary N) is 1. The summed E-state index contributed by atoms with van der Waals surface area (Å²) in [6.45, 7) is 1.64. The van der Waals surface area contributed by atoms with Crippen LogP contribution in [0.3, 0.4) is 0 Å². The average Bonchev–Trinajstić information content (AvgIpc) is 2.88. The number of rotatable bonds is 6. The Bertz CT molecular complexity index is 840. The zero-order chi connectivity index (χ0) is 16.3. The van der Waals surface area contributed by atoms with E-state index >= 15 is 0 Å². The van der Waals surface area contributed by atoms with Crippen LogP contribution in [0.25, 0.3) is 11.2 Å².